The fourth-order valence-electron chi connectivity index (χ4n) is 4.14. The lowest BCUT2D eigenvalue weighted by Gasteiger charge is -2.27. The molecule has 2 aromatic heterocycles. The van der Waals surface area contributed by atoms with Crippen molar-refractivity contribution in [3.05, 3.63) is 107 Å². The number of carbonyl (C=O) groups is 2. The van der Waals surface area contributed by atoms with Crippen LogP contribution in [0.1, 0.15) is 27.2 Å². The predicted molar refractivity (Wildman–Crippen MR) is 146 cm³/mol. The minimum absolute atomic E-state index is 0.0602. The molecule has 3 heterocycles. The van der Waals surface area contributed by atoms with Gasteiger partial charge in [-0.05, 0) is 66.6 Å². The minimum atomic E-state index is -4.19. The molecule has 0 aliphatic carbocycles. The Labute approximate surface area is 230 Å². The highest BCUT2D eigenvalue weighted by Gasteiger charge is 2.39. The van der Waals surface area contributed by atoms with Gasteiger partial charge in [-0.25, -0.2) is 18.4 Å². The van der Waals surface area contributed by atoms with Crippen molar-refractivity contribution in [3.8, 4) is 0 Å². The van der Waals surface area contributed by atoms with Crippen LogP contribution >= 0.6 is 11.6 Å². The maximum atomic E-state index is 13.9. The van der Waals surface area contributed by atoms with E-state index in [0.717, 1.165) is 9.87 Å². The third-order valence-electron chi connectivity index (χ3n) is 6.16. The van der Waals surface area contributed by atoms with Crippen LogP contribution in [0.15, 0.2) is 84.1 Å². The predicted octanol–water partition coefficient (Wildman–Crippen LogP) is 3.84. The first kappa shape index (κ1) is 26.4. The highest BCUT2D eigenvalue weighted by atomic mass is 35.5. The summed E-state index contributed by atoms with van der Waals surface area (Å²) in [4.78, 5) is 38.3. The fourth-order valence-corrected chi connectivity index (χ4v) is 5.87. The molecule has 10 nitrogen and oxygen atoms in total. The number of carbonyl (C=O) groups excluding carboxylic acids is 2. The van der Waals surface area contributed by atoms with Gasteiger partial charge >= 0.3 is 0 Å². The van der Waals surface area contributed by atoms with E-state index in [-0.39, 0.29) is 29.4 Å². The first-order valence-corrected chi connectivity index (χ1v) is 13.7. The second kappa shape index (κ2) is 10.9. The molecule has 0 spiro atoms. The molecule has 0 fully saturated rings. The summed E-state index contributed by atoms with van der Waals surface area (Å²) >= 11 is 6.13. The number of anilines is 2. The fraction of sp³-hybridized carbons (Fsp3) is 0.148. The molecule has 2 amide bonds. The van der Waals surface area contributed by atoms with Gasteiger partial charge < -0.3 is 5.32 Å². The zero-order valence-corrected chi connectivity index (χ0v) is 22.3. The van der Waals surface area contributed by atoms with Gasteiger partial charge in [0.15, 0.2) is 0 Å². The summed E-state index contributed by atoms with van der Waals surface area (Å²) in [6.07, 6.45) is 4.79. The van der Waals surface area contributed by atoms with Crippen molar-refractivity contribution in [3.63, 3.8) is 0 Å². The molecule has 0 bridgehead atoms. The molecule has 39 heavy (non-hydrogen) atoms. The van der Waals surface area contributed by atoms with Gasteiger partial charge in [0.2, 0.25) is 21.9 Å². The Bertz CT molecular complexity index is 1630. The Balaban J connectivity index is 1.46. The smallest absolute Gasteiger partial charge is 0.258 e. The summed E-state index contributed by atoms with van der Waals surface area (Å²) in [5.74, 6) is -0.857. The van der Waals surface area contributed by atoms with Gasteiger partial charge in [-0.15, -0.1) is 0 Å². The third-order valence-corrected chi connectivity index (χ3v) is 8.27. The molecule has 1 aliphatic rings. The summed E-state index contributed by atoms with van der Waals surface area (Å²) in [5, 5.41) is 5.81. The number of fused-ring (bicyclic) bond motifs is 1. The van der Waals surface area contributed by atoms with Gasteiger partial charge in [0.1, 0.15) is 6.04 Å². The molecular formula is C27H23ClN6O4S. The molecule has 5 rings (SSSR count). The minimum Gasteiger partial charge on any atom is -0.324 e. The number of halogens is 1. The monoisotopic (exact) mass is 562 g/mol. The van der Waals surface area contributed by atoms with Gasteiger partial charge in [0.05, 0.1) is 4.90 Å². The van der Waals surface area contributed by atoms with Gasteiger partial charge in [0.25, 0.3) is 5.91 Å². The molecule has 4 aromatic rings. The molecule has 0 unspecified atom stereocenters. The first-order valence-electron chi connectivity index (χ1n) is 11.9. The highest BCUT2D eigenvalue weighted by Crippen LogP contribution is 2.31. The molecule has 0 saturated heterocycles. The van der Waals surface area contributed by atoms with Crippen molar-refractivity contribution >= 4 is 45.1 Å². The lowest BCUT2D eigenvalue weighted by molar-refractivity contribution is -0.119. The van der Waals surface area contributed by atoms with E-state index in [9.17, 15) is 18.0 Å². The average molecular weight is 563 g/mol. The Morgan fingerprint density at radius 2 is 1.82 bits per heavy atom. The van der Waals surface area contributed by atoms with E-state index in [0.29, 0.717) is 22.0 Å². The molecule has 12 heteroatoms. The normalized spacial score (nSPS) is 15.6. The summed E-state index contributed by atoms with van der Waals surface area (Å²) < 4.78 is 29.1. The number of hydrogen-bond acceptors (Lipinski definition) is 7. The standard InChI is InChI=1S/C27H23ClN6O4S/c1-17-14-30-27(31-15-17)33-25(35)18-6-9-22(10-7-18)39(37,38)34-16-19-5-8-20(28)12-23(19)32-26(36)24(34)13-21-4-2-3-11-29-21/h2-12,14-15,24H,13,16H2,1H3,(H,32,36)(H,30,31,33,35)/t24-/m1/s1. The second-order valence-electron chi connectivity index (χ2n) is 8.94. The van der Waals surface area contributed by atoms with E-state index in [2.05, 4.69) is 25.6 Å². The summed E-state index contributed by atoms with van der Waals surface area (Å²) in [5.41, 5.74) is 2.66. The van der Waals surface area contributed by atoms with Crippen LogP contribution in [0.25, 0.3) is 0 Å². The maximum absolute atomic E-state index is 13.9. The van der Waals surface area contributed by atoms with E-state index >= 15 is 0 Å². The molecule has 0 radical (unpaired) electrons. The summed E-state index contributed by atoms with van der Waals surface area (Å²) in [6, 6.07) is 14.6. The van der Waals surface area contributed by atoms with Gasteiger partial charge in [0, 0.05) is 53.5 Å². The van der Waals surface area contributed by atoms with Crippen molar-refractivity contribution in [1.82, 2.24) is 19.3 Å². The van der Waals surface area contributed by atoms with Gasteiger partial charge in [-0.1, -0.05) is 23.7 Å². The molecule has 0 saturated carbocycles. The number of nitrogens with zero attached hydrogens (tertiary/aromatic N) is 4. The Hall–Kier alpha value is -4.19. The quantitative estimate of drug-likeness (QED) is 0.364. The number of aromatic nitrogens is 3. The Kier molecular flexibility index (Phi) is 7.38. The number of amides is 2. The zero-order chi connectivity index (χ0) is 27.6. The van der Waals surface area contributed by atoms with Crippen LogP contribution in [0.2, 0.25) is 5.02 Å². The van der Waals surface area contributed by atoms with Crippen LogP contribution in [0, 0.1) is 6.92 Å². The molecule has 2 aromatic carbocycles. The van der Waals surface area contributed by atoms with Crippen molar-refractivity contribution in [1.29, 1.82) is 0 Å². The molecular weight excluding hydrogens is 540 g/mol. The van der Waals surface area contributed by atoms with Crippen LogP contribution in [-0.4, -0.2) is 45.5 Å². The number of sulfonamides is 1. The van der Waals surface area contributed by atoms with Crippen molar-refractivity contribution in [2.24, 2.45) is 0 Å². The highest BCUT2D eigenvalue weighted by molar-refractivity contribution is 7.89. The molecule has 1 atom stereocenters. The molecule has 1 aliphatic heterocycles. The van der Waals surface area contributed by atoms with E-state index in [1.807, 2.05) is 6.92 Å². The number of pyridine rings is 1. The van der Waals surface area contributed by atoms with E-state index < -0.39 is 27.9 Å². The first-order chi connectivity index (χ1) is 18.7. The van der Waals surface area contributed by atoms with Crippen molar-refractivity contribution in [2.45, 2.75) is 30.8 Å². The Morgan fingerprint density at radius 3 is 2.51 bits per heavy atom. The molecule has 2 N–H and O–H groups in total. The number of rotatable bonds is 6. The van der Waals surface area contributed by atoms with Crippen molar-refractivity contribution < 1.29 is 18.0 Å². The second-order valence-corrected chi connectivity index (χ2v) is 11.3. The van der Waals surface area contributed by atoms with Gasteiger partial charge in [-0.3, -0.25) is 19.9 Å². The number of hydrogen-bond donors (Lipinski definition) is 2. The Morgan fingerprint density at radius 1 is 1.08 bits per heavy atom. The number of nitrogens with one attached hydrogen (secondary N) is 2. The van der Waals surface area contributed by atoms with Gasteiger partial charge in [-0.2, -0.15) is 4.31 Å². The molecule has 198 valence electrons. The maximum Gasteiger partial charge on any atom is 0.258 e. The number of benzene rings is 2. The SMILES string of the molecule is Cc1cnc(NC(=O)c2ccc(S(=O)(=O)N3Cc4ccc(Cl)cc4NC(=O)[C@H]3Cc3ccccn3)cc2)nc1. The van der Waals surface area contributed by atoms with Crippen molar-refractivity contribution in [2.75, 3.05) is 10.6 Å². The third kappa shape index (κ3) is 5.80. The number of aryl methyl sites for hydroxylation is 1. The zero-order valence-electron chi connectivity index (χ0n) is 20.7. The lowest BCUT2D eigenvalue weighted by atomic mass is 10.1. The summed E-state index contributed by atoms with van der Waals surface area (Å²) in [6.45, 7) is 1.76. The van der Waals surface area contributed by atoms with Crippen LogP contribution in [0.4, 0.5) is 11.6 Å². The summed E-state index contributed by atoms with van der Waals surface area (Å²) in [7, 11) is -4.19. The topological polar surface area (TPSA) is 134 Å². The van der Waals surface area contributed by atoms with Crippen LogP contribution in [-0.2, 0) is 27.8 Å². The van der Waals surface area contributed by atoms with Crippen LogP contribution in [0.3, 0.4) is 0 Å². The largest absolute Gasteiger partial charge is 0.324 e. The van der Waals surface area contributed by atoms with E-state index in [1.165, 1.54) is 24.3 Å². The van der Waals surface area contributed by atoms with E-state index in [4.69, 9.17) is 11.6 Å². The van der Waals surface area contributed by atoms with E-state index in [1.54, 1.807) is 55.0 Å². The lowest BCUT2D eigenvalue weighted by Crippen LogP contribution is -2.46. The average Bonchev–Trinajstić information content (AvgIpc) is 3.06. The van der Waals surface area contributed by atoms with Crippen LogP contribution < -0.4 is 10.6 Å². The van der Waals surface area contributed by atoms with Crippen LogP contribution in [0.5, 0.6) is 0 Å².